The van der Waals surface area contributed by atoms with Gasteiger partial charge < -0.3 is 9.64 Å². The van der Waals surface area contributed by atoms with Crippen molar-refractivity contribution in [3.63, 3.8) is 0 Å². The molecule has 0 unspecified atom stereocenters. The molecule has 0 aromatic heterocycles. The van der Waals surface area contributed by atoms with E-state index >= 15 is 0 Å². The van der Waals surface area contributed by atoms with Crippen molar-refractivity contribution in [3.8, 4) is 0 Å². The van der Waals surface area contributed by atoms with Gasteiger partial charge in [0.05, 0.1) is 6.10 Å². The highest BCUT2D eigenvalue weighted by Gasteiger charge is 2.28. The summed E-state index contributed by atoms with van der Waals surface area (Å²) in [5.74, 6) is -0.00620. The standard InChI is InChI=1S/C7H11NO2/c1-3-7(9)8-4-6(5-8)10-2/h3,6H,1,4-5H2,2H3. The molecule has 0 atom stereocenters. The molecule has 1 amide bonds. The second kappa shape index (κ2) is 2.84. The van der Waals surface area contributed by atoms with Crippen molar-refractivity contribution in [2.75, 3.05) is 20.2 Å². The van der Waals surface area contributed by atoms with Gasteiger partial charge in [0, 0.05) is 20.2 Å². The van der Waals surface area contributed by atoms with Gasteiger partial charge in [-0.3, -0.25) is 4.79 Å². The Morgan fingerprint density at radius 3 is 2.80 bits per heavy atom. The molecule has 3 heteroatoms. The zero-order chi connectivity index (χ0) is 7.56. The summed E-state index contributed by atoms with van der Waals surface area (Å²) in [6.07, 6.45) is 1.56. The minimum atomic E-state index is -0.00620. The van der Waals surface area contributed by atoms with Gasteiger partial charge in [-0.15, -0.1) is 0 Å². The maximum absolute atomic E-state index is 10.8. The van der Waals surface area contributed by atoms with Gasteiger partial charge in [0.2, 0.25) is 5.91 Å². The first-order chi connectivity index (χ1) is 4.77. The van der Waals surface area contributed by atoms with E-state index in [1.165, 1.54) is 6.08 Å². The third-order valence-corrected chi connectivity index (χ3v) is 1.67. The van der Waals surface area contributed by atoms with Crippen LogP contribution in [-0.2, 0) is 9.53 Å². The molecular weight excluding hydrogens is 130 g/mol. The highest BCUT2D eigenvalue weighted by molar-refractivity contribution is 5.87. The Bertz CT molecular complexity index is 150. The minimum Gasteiger partial charge on any atom is -0.378 e. The first kappa shape index (κ1) is 7.28. The number of rotatable bonds is 2. The lowest BCUT2D eigenvalue weighted by atomic mass is 10.1. The van der Waals surface area contributed by atoms with Crippen LogP contribution in [0.25, 0.3) is 0 Å². The van der Waals surface area contributed by atoms with Crippen molar-refractivity contribution < 1.29 is 9.53 Å². The molecule has 1 rings (SSSR count). The highest BCUT2D eigenvalue weighted by Crippen LogP contribution is 2.10. The number of carbonyl (C=O) groups is 1. The van der Waals surface area contributed by atoms with Gasteiger partial charge >= 0.3 is 0 Å². The highest BCUT2D eigenvalue weighted by atomic mass is 16.5. The predicted octanol–water partition coefficient (Wildman–Crippen LogP) is 0.0296. The lowest BCUT2D eigenvalue weighted by Crippen LogP contribution is -2.53. The molecule has 0 aromatic rings. The van der Waals surface area contributed by atoms with E-state index in [0.29, 0.717) is 13.1 Å². The van der Waals surface area contributed by atoms with Crippen LogP contribution >= 0.6 is 0 Å². The van der Waals surface area contributed by atoms with Crippen molar-refractivity contribution in [3.05, 3.63) is 12.7 Å². The molecule has 1 aliphatic rings. The second-order valence-corrected chi connectivity index (χ2v) is 2.31. The summed E-state index contributed by atoms with van der Waals surface area (Å²) in [5, 5.41) is 0. The maximum atomic E-state index is 10.8. The van der Waals surface area contributed by atoms with E-state index < -0.39 is 0 Å². The van der Waals surface area contributed by atoms with Gasteiger partial charge in [0.25, 0.3) is 0 Å². The monoisotopic (exact) mass is 141 g/mol. The molecule has 10 heavy (non-hydrogen) atoms. The predicted molar refractivity (Wildman–Crippen MR) is 37.6 cm³/mol. The van der Waals surface area contributed by atoms with Crippen molar-refractivity contribution in [1.82, 2.24) is 4.90 Å². The summed E-state index contributed by atoms with van der Waals surface area (Å²) in [6, 6.07) is 0. The molecule has 0 aromatic carbocycles. The molecule has 1 fully saturated rings. The fourth-order valence-electron chi connectivity index (χ4n) is 0.896. The molecule has 1 heterocycles. The number of methoxy groups -OCH3 is 1. The van der Waals surface area contributed by atoms with Crippen LogP contribution in [0.3, 0.4) is 0 Å². The molecule has 0 radical (unpaired) electrons. The van der Waals surface area contributed by atoms with Crippen LogP contribution in [0.4, 0.5) is 0 Å². The number of amides is 1. The summed E-state index contributed by atoms with van der Waals surface area (Å²) in [4.78, 5) is 12.5. The minimum absolute atomic E-state index is 0.00620. The van der Waals surface area contributed by atoms with E-state index in [1.54, 1.807) is 12.0 Å². The van der Waals surface area contributed by atoms with Crippen LogP contribution < -0.4 is 0 Å². The number of nitrogens with zero attached hydrogens (tertiary/aromatic N) is 1. The van der Waals surface area contributed by atoms with Crippen LogP contribution in [0, 0.1) is 0 Å². The number of likely N-dealkylation sites (tertiary alicyclic amines) is 1. The van der Waals surface area contributed by atoms with E-state index in [4.69, 9.17) is 4.74 Å². The summed E-state index contributed by atoms with van der Waals surface area (Å²) < 4.78 is 4.98. The Labute approximate surface area is 60.3 Å². The fourth-order valence-corrected chi connectivity index (χ4v) is 0.896. The Hall–Kier alpha value is -0.830. The second-order valence-electron chi connectivity index (χ2n) is 2.31. The van der Waals surface area contributed by atoms with Gasteiger partial charge in [0.15, 0.2) is 0 Å². The lowest BCUT2D eigenvalue weighted by Gasteiger charge is -2.37. The average molecular weight is 141 g/mol. The maximum Gasteiger partial charge on any atom is 0.246 e. The van der Waals surface area contributed by atoms with Gasteiger partial charge in [0.1, 0.15) is 0 Å². The van der Waals surface area contributed by atoms with Crippen LogP contribution in [0.2, 0.25) is 0 Å². The van der Waals surface area contributed by atoms with Gasteiger partial charge in [-0.2, -0.15) is 0 Å². The first-order valence-corrected chi connectivity index (χ1v) is 3.22. The summed E-state index contributed by atoms with van der Waals surface area (Å²) in [5.41, 5.74) is 0. The quantitative estimate of drug-likeness (QED) is 0.508. The van der Waals surface area contributed by atoms with Crippen LogP contribution in [0.15, 0.2) is 12.7 Å². The molecule has 0 bridgehead atoms. The molecule has 0 N–H and O–H groups in total. The Balaban J connectivity index is 2.25. The van der Waals surface area contributed by atoms with E-state index in [2.05, 4.69) is 6.58 Å². The zero-order valence-electron chi connectivity index (χ0n) is 6.04. The number of hydrogen-bond acceptors (Lipinski definition) is 2. The topological polar surface area (TPSA) is 29.5 Å². The molecular formula is C7H11NO2. The Morgan fingerprint density at radius 1 is 1.80 bits per heavy atom. The number of carbonyl (C=O) groups excluding carboxylic acids is 1. The van der Waals surface area contributed by atoms with Crippen molar-refractivity contribution in [2.24, 2.45) is 0 Å². The summed E-state index contributed by atoms with van der Waals surface area (Å²) >= 11 is 0. The average Bonchev–Trinajstić information content (AvgIpc) is 1.85. The van der Waals surface area contributed by atoms with Crippen LogP contribution in [0.5, 0.6) is 0 Å². The van der Waals surface area contributed by atoms with E-state index in [1.807, 2.05) is 0 Å². The van der Waals surface area contributed by atoms with Crippen molar-refractivity contribution in [1.29, 1.82) is 0 Å². The molecule has 0 spiro atoms. The van der Waals surface area contributed by atoms with Crippen LogP contribution in [-0.4, -0.2) is 37.1 Å². The Kier molecular flexibility index (Phi) is 2.06. The third kappa shape index (κ3) is 1.19. The van der Waals surface area contributed by atoms with E-state index in [9.17, 15) is 4.79 Å². The van der Waals surface area contributed by atoms with Crippen LogP contribution in [0.1, 0.15) is 0 Å². The SMILES string of the molecule is C=CC(=O)N1CC(OC)C1. The zero-order valence-corrected chi connectivity index (χ0v) is 6.04. The normalized spacial score (nSPS) is 18.3. The Morgan fingerprint density at radius 2 is 2.40 bits per heavy atom. The number of hydrogen-bond donors (Lipinski definition) is 0. The molecule has 56 valence electrons. The van der Waals surface area contributed by atoms with Crippen molar-refractivity contribution >= 4 is 5.91 Å². The fraction of sp³-hybridized carbons (Fsp3) is 0.571. The van der Waals surface area contributed by atoms with Gasteiger partial charge in [-0.1, -0.05) is 6.58 Å². The first-order valence-electron chi connectivity index (χ1n) is 3.22. The molecule has 0 aliphatic carbocycles. The van der Waals surface area contributed by atoms with Crippen molar-refractivity contribution in [2.45, 2.75) is 6.10 Å². The smallest absolute Gasteiger partial charge is 0.246 e. The van der Waals surface area contributed by atoms with E-state index in [0.717, 1.165) is 0 Å². The van der Waals surface area contributed by atoms with Gasteiger partial charge in [-0.25, -0.2) is 0 Å². The number of ether oxygens (including phenoxy) is 1. The molecule has 1 aliphatic heterocycles. The molecule has 0 saturated carbocycles. The molecule has 3 nitrogen and oxygen atoms in total. The summed E-state index contributed by atoms with van der Waals surface area (Å²) in [6.45, 7) is 4.80. The molecule has 1 saturated heterocycles. The third-order valence-electron chi connectivity index (χ3n) is 1.67. The van der Waals surface area contributed by atoms with Gasteiger partial charge in [-0.05, 0) is 6.08 Å². The summed E-state index contributed by atoms with van der Waals surface area (Å²) in [7, 11) is 1.65. The van der Waals surface area contributed by atoms with E-state index in [-0.39, 0.29) is 12.0 Å². The lowest BCUT2D eigenvalue weighted by molar-refractivity contribution is -0.137. The largest absolute Gasteiger partial charge is 0.378 e.